The average Bonchev–Trinajstić information content (AvgIpc) is 3.36. The normalized spacial score (nSPS) is 22.5. The number of imidazole rings is 1. The predicted octanol–water partition coefficient (Wildman–Crippen LogP) is 0.0863. The number of aromatic amines is 1. The van der Waals surface area contributed by atoms with E-state index >= 15 is 0 Å². The molecule has 34 heavy (non-hydrogen) atoms. The molecule has 0 aliphatic carbocycles. The van der Waals surface area contributed by atoms with Crippen molar-refractivity contribution in [2.24, 2.45) is 0 Å². The van der Waals surface area contributed by atoms with Crippen molar-refractivity contribution in [3.05, 3.63) is 47.5 Å². The molecular weight excluding hydrogens is 483 g/mol. The molecule has 3 heterocycles. The molecule has 1 aliphatic heterocycles. The maximum atomic E-state index is 13.9. The minimum absolute atomic E-state index is 0.00944. The lowest BCUT2D eigenvalue weighted by Crippen LogP contribution is -2.34. The van der Waals surface area contributed by atoms with Gasteiger partial charge in [0.15, 0.2) is 17.8 Å². The van der Waals surface area contributed by atoms with Crippen LogP contribution in [0.25, 0.3) is 11.2 Å². The molecule has 0 spiro atoms. The van der Waals surface area contributed by atoms with Crippen molar-refractivity contribution >= 4 is 24.8 Å². The second kappa shape index (κ2) is 10.8. The highest BCUT2D eigenvalue weighted by Gasteiger charge is 2.42. The first-order valence-corrected chi connectivity index (χ1v) is 11.2. The van der Waals surface area contributed by atoms with Crippen LogP contribution in [-0.2, 0) is 20.4 Å². The lowest BCUT2D eigenvalue weighted by atomic mass is 10.1. The number of nitrogens with zero attached hydrogens (tertiary/aromatic N) is 3. The van der Waals surface area contributed by atoms with Crippen LogP contribution in [0.5, 0.6) is 0 Å². The molecule has 0 saturated carbocycles. The van der Waals surface area contributed by atoms with E-state index in [0.29, 0.717) is 22.5 Å². The summed E-state index contributed by atoms with van der Waals surface area (Å²) < 4.78 is 46.4. The van der Waals surface area contributed by atoms with Crippen LogP contribution >= 0.6 is 7.82 Å². The number of phosphoric ester groups is 1. The number of H-pyrrole nitrogens is 1. The van der Waals surface area contributed by atoms with Crippen LogP contribution in [0.2, 0.25) is 0 Å². The molecule has 16 heteroatoms. The summed E-state index contributed by atoms with van der Waals surface area (Å²) in [4.78, 5) is 31.5. The van der Waals surface area contributed by atoms with Crippen LogP contribution in [0.1, 0.15) is 11.1 Å². The molecule has 2 aromatic heterocycles. The fourth-order valence-corrected chi connectivity index (χ4v) is 3.33. The summed E-state index contributed by atoms with van der Waals surface area (Å²) >= 11 is 0. The van der Waals surface area contributed by atoms with Gasteiger partial charge in [-0.05, 0) is 18.6 Å². The van der Waals surface area contributed by atoms with E-state index < -0.39 is 50.7 Å². The first-order valence-electron chi connectivity index (χ1n) is 9.69. The van der Waals surface area contributed by atoms with Crippen molar-refractivity contribution in [1.82, 2.24) is 19.9 Å². The second-order valence-corrected chi connectivity index (χ2v) is 8.41. The number of rotatable bonds is 6. The summed E-state index contributed by atoms with van der Waals surface area (Å²) in [6.07, 6.45) is -2.84. The Hall–Kier alpha value is -2.62. The fraction of sp³-hybridized carbons (Fsp3) is 0.389. The number of aromatic nitrogens is 4. The Kier molecular flexibility index (Phi) is 8.22. The number of ether oxygens (including phenoxy) is 1. The van der Waals surface area contributed by atoms with Gasteiger partial charge in [0, 0.05) is 12.1 Å². The van der Waals surface area contributed by atoms with Gasteiger partial charge in [-0.15, -0.1) is 0 Å². The number of phosphoric acid groups is 1. The number of benzene rings is 1. The van der Waals surface area contributed by atoms with Crippen molar-refractivity contribution < 1.29 is 47.7 Å². The molecule has 7 N–H and O–H groups in total. The first-order chi connectivity index (χ1) is 16.0. The molecule has 1 fully saturated rings. The number of anilines is 1. The molecule has 1 unspecified atom stereocenters. The maximum absolute atomic E-state index is 13.9. The summed E-state index contributed by atoms with van der Waals surface area (Å²) in [6.45, 7) is 0.972. The molecule has 1 aromatic carbocycles. The number of nitrogens with one attached hydrogen (secondary N) is 2. The Labute approximate surface area is 190 Å². The molecule has 4 rings (SSSR count). The van der Waals surface area contributed by atoms with E-state index in [2.05, 4.69) is 34.5 Å². The van der Waals surface area contributed by atoms with Crippen LogP contribution in [0, 0.1) is 18.6 Å². The number of aliphatic hydroxyl groups excluding tert-OH is 3. The van der Waals surface area contributed by atoms with E-state index in [9.17, 15) is 13.3 Å². The monoisotopic (exact) mass is 505 g/mol. The molecule has 1 aliphatic rings. The molecule has 0 radical (unpaired) electrons. The number of aryl methyl sites for hydroxylation is 1. The number of fused-ring (bicyclic) bond motifs is 1. The Morgan fingerprint density at radius 1 is 1.18 bits per heavy atom. The van der Waals surface area contributed by atoms with E-state index in [4.69, 9.17) is 25.1 Å². The van der Waals surface area contributed by atoms with E-state index in [-0.39, 0.29) is 12.1 Å². The zero-order valence-electron chi connectivity index (χ0n) is 17.5. The Bertz CT molecular complexity index is 1180. The van der Waals surface area contributed by atoms with Gasteiger partial charge in [0.1, 0.15) is 41.8 Å². The number of aliphatic hydroxyl groups is 3. The molecule has 4 atom stereocenters. The third kappa shape index (κ3) is 6.28. The highest BCUT2D eigenvalue weighted by molar-refractivity contribution is 7.46. The Morgan fingerprint density at radius 3 is 2.56 bits per heavy atom. The van der Waals surface area contributed by atoms with E-state index in [0.717, 1.165) is 0 Å². The van der Waals surface area contributed by atoms with E-state index in [1.54, 1.807) is 6.92 Å². The van der Waals surface area contributed by atoms with Gasteiger partial charge in [-0.1, -0.05) is 6.07 Å². The number of hydrogen-bond donors (Lipinski definition) is 7. The molecule has 0 amide bonds. The van der Waals surface area contributed by atoms with Crippen LogP contribution in [0.4, 0.5) is 14.6 Å². The zero-order valence-corrected chi connectivity index (χ0v) is 18.4. The highest BCUT2D eigenvalue weighted by Crippen LogP contribution is 2.37. The topological polar surface area (TPSA) is 203 Å². The number of hydrogen-bond acceptors (Lipinski definition) is 10. The van der Waals surface area contributed by atoms with Crippen LogP contribution in [0.15, 0.2) is 24.8 Å². The lowest BCUT2D eigenvalue weighted by molar-refractivity contribution is -0.132. The second-order valence-electron chi connectivity index (χ2n) is 7.17. The smallest absolute Gasteiger partial charge is 0.387 e. The standard InChI is InChI=1S/C13H11F2N5.C5H11O8P/c1-7-2-3-9(14)8(10(7)15)4-16-12-11-13(18-5-17-11)20-6-19-12;6-3-2(1-12-14(9,10)11)13-5(8)4(3)7/h2-3,5-6H,4H2,1H3,(H2,16,17,18,19,20);2-8H,1H2,(H2,9,10,11)/t;2-,3-,4-,5?/m.1/s1. The zero-order chi connectivity index (χ0) is 25.0. The lowest BCUT2D eigenvalue weighted by Gasteiger charge is -2.14. The SMILES string of the molecule is Cc1ccc(F)c(CNc2ncnc3nc[nH]c23)c1F.O=P(O)(O)OC[C@H]1OC(O)[C@H](O)[C@@H]1O. The largest absolute Gasteiger partial charge is 0.469 e. The Balaban J connectivity index is 0.000000204. The number of halogens is 2. The summed E-state index contributed by atoms with van der Waals surface area (Å²) in [5.41, 5.74) is 1.47. The van der Waals surface area contributed by atoms with Gasteiger partial charge in [0.05, 0.1) is 12.9 Å². The van der Waals surface area contributed by atoms with E-state index in [1.165, 1.54) is 24.8 Å². The van der Waals surface area contributed by atoms with Crippen LogP contribution in [-0.4, -0.2) is 76.3 Å². The summed E-state index contributed by atoms with van der Waals surface area (Å²) in [5, 5.41) is 29.9. The molecule has 0 bridgehead atoms. The summed E-state index contributed by atoms with van der Waals surface area (Å²) in [7, 11) is -4.64. The molecular formula is C18H22F2N5O8P. The van der Waals surface area contributed by atoms with Gasteiger partial charge in [-0.25, -0.2) is 28.3 Å². The van der Waals surface area contributed by atoms with Gasteiger partial charge in [0.25, 0.3) is 0 Å². The van der Waals surface area contributed by atoms with Crippen molar-refractivity contribution in [3.63, 3.8) is 0 Å². The van der Waals surface area contributed by atoms with Crippen molar-refractivity contribution in [3.8, 4) is 0 Å². The molecule has 3 aromatic rings. The maximum Gasteiger partial charge on any atom is 0.469 e. The van der Waals surface area contributed by atoms with Gasteiger partial charge < -0.3 is 40.1 Å². The minimum atomic E-state index is -4.64. The van der Waals surface area contributed by atoms with Gasteiger partial charge in [0.2, 0.25) is 0 Å². The minimum Gasteiger partial charge on any atom is -0.387 e. The van der Waals surface area contributed by atoms with Crippen LogP contribution in [0.3, 0.4) is 0 Å². The molecule has 13 nitrogen and oxygen atoms in total. The highest BCUT2D eigenvalue weighted by atomic mass is 31.2. The van der Waals surface area contributed by atoms with Crippen molar-refractivity contribution in [2.45, 2.75) is 38.1 Å². The first kappa shape index (κ1) is 26.0. The summed E-state index contributed by atoms with van der Waals surface area (Å²) in [6, 6.07) is 2.66. The average molecular weight is 505 g/mol. The Morgan fingerprint density at radius 2 is 1.91 bits per heavy atom. The quantitative estimate of drug-likeness (QED) is 0.223. The third-order valence-corrected chi connectivity index (χ3v) is 5.26. The van der Waals surface area contributed by atoms with Gasteiger partial charge in [-0.2, -0.15) is 0 Å². The van der Waals surface area contributed by atoms with Gasteiger partial charge in [-0.3, -0.25) is 4.52 Å². The van der Waals surface area contributed by atoms with Crippen LogP contribution < -0.4 is 5.32 Å². The fourth-order valence-electron chi connectivity index (χ4n) is 2.99. The predicted molar refractivity (Wildman–Crippen MR) is 111 cm³/mol. The molecule has 186 valence electrons. The van der Waals surface area contributed by atoms with Crippen molar-refractivity contribution in [1.29, 1.82) is 0 Å². The molecule has 1 saturated heterocycles. The third-order valence-electron chi connectivity index (χ3n) is 4.78. The van der Waals surface area contributed by atoms with Gasteiger partial charge >= 0.3 is 7.82 Å². The van der Waals surface area contributed by atoms with Crippen molar-refractivity contribution in [2.75, 3.05) is 11.9 Å². The van der Waals surface area contributed by atoms with E-state index in [1.807, 2.05) is 0 Å². The summed E-state index contributed by atoms with van der Waals surface area (Å²) in [5.74, 6) is -0.685.